The van der Waals surface area contributed by atoms with Crippen LogP contribution in [0.3, 0.4) is 0 Å². The van der Waals surface area contributed by atoms with Gasteiger partial charge in [-0.2, -0.15) is 0 Å². The maximum atomic E-state index is 5.63. The SMILES string of the molecule is CCNC(=NCc1ccnc(N2CCOC(C)C2)c1)NCc1ccccc1OC.I. The lowest BCUT2D eigenvalue weighted by molar-refractivity contribution is 0.0529. The molecule has 2 aromatic rings. The van der Waals surface area contributed by atoms with E-state index in [2.05, 4.69) is 40.4 Å². The fraction of sp³-hybridized carbons (Fsp3) is 0.455. The molecule has 7 nitrogen and oxygen atoms in total. The molecule has 3 rings (SSSR count). The van der Waals surface area contributed by atoms with Crippen LogP contribution in [0.5, 0.6) is 5.75 Å². The molecule has 1 aromatic heterocycles. The zero-order chi connectivity index (χ0) is 20.5. The maximum absolute atomic E-state index is 5.63. The number of rotatable bonds is 7. The molecule has 1 unspecified atom stereocenters. The Morgan fingerprint density at radius 3 is 2.90 bits per heavy atom. The van der Waals surface area contributed by atoms with Crippen molar-refractivity contribution in [1.82, 2.24) is 15.6 Å². The van der Waals surface area contributed by atoms with Gasteiger partial charge in [0, 0.05) is 37.9 Å². The zero-order valence-electron chi connectivity index (χ0n) is 17.9. The lowest BCUT2D eigenvalue weighted by Crippen LogP contribution is -2.41. The minimum absolute atomic E-state index is 0. The van der Waals surface area contributed by atoms with Gasteiger partial charge in [0.1, 0.15) is 11.6 Å². The van der Waals surface area contributed by atoms with E-state index in [4.69, 9.17) is 14.5 Å². The van der Waals surface area contributed by atoms with E-state index in [9.17, 15) is 0 Å². The number of morpholine rings is 1. The van der Waals surface area contributed by atoms with Crippen molar-refractivity contribution in [2.24, 2.45) is 4.99 Å². The number of benzene rings is 1. The summed E-state index contributed by atoms with van der Waals surface area (Å²) >= 11 is 0. The number of ether oxygens (including phenoxy) is 2. The molecule has 30 heavy (non-hydrogen) atoms. The molecule has 1 saturated heterocycles. The molecule has 1 aromatic carbocycles. The van der Waals surface area contributed by atoms with E-state index in [1.165, 1.54) is 0 Å². The fourth-order valence-electron chi connectivity index (χ4n) is 3.30. The number of methoxy groups -OCH3 is 1. The van der Waals surface area contributed by atoms with Crippen LogP contribution < -0.4 is 20.3 Å². The predicted octanol–water partition coefficient (Wildman–Crippen LogP) is 3.19. The molecular weight excluding hydrogens is 493 g/mol. The highest BCUT2D eigenvalue weighted by Crippen LogP contribution is 2.18. The van der Waals surface area contributed by atoms with Crippen molar-refractivity contribution in [2.45, 2.75) is 33.0 Å². The van der Waals surface area contributed by atoms with Crippen LogP contribution in [0.2, 0.25) is 0 Å². The van der Waals surface area contributed by atoms with Gasteiger partial charge >= 0.3 is 0 Å². The molecule has 0 bridgehead atoms. The van der Waals surface area contributed by atoms with E-state index in [0.717, 1.165) is 54.9 Å². The molecule has 1 aliphatic rings. The number of nitrogens with one attached hydrogen (secondary N) is 2. The molecule has 0 radical (unpaired) electrons. The Labute approximate surface area is 196 Å². The third kappa shape index (κ3) is 7.02. The van der Waals surface area contributed by atoms with Crippen LogP contribution in [-0.2, 0) is 17.8 Å². The van der Waals surface area contributed by atoms with Gasteiger partial charge in [-0.1, -0.05) is 18.2 Å². The summed E-state index contributed by atoms with van der Waals surface area (Å²) in [7, 11) is 1.69. The molecular formula is C22H32IN5O2. The first kappa shape index (κ1) is 24.2. The average molecular weight is 525 g/mol. The molecule has 0 aliphatic carbocycles. The zero-order valence-corrected chi connectivity index (χ0v) is 20.3. The number of halogens is 1. The minimum Gasteiger partial charge on any atom is -0.496 e. The van der Waals surface area contributed by atoms with Gasteiger partial charge in [0.25, 0.3) is 0 Å². The number of guanidine groups is 1. The third-order valence-electron chi connectivity index (χ3n) is 4.78. The van der Waals surface area contributed by atoms with Gasteiger partial charge in [0.2, 0.25) is 0 Å². The van der Waals surface area contributed by atoms with Gasteiger partial charge in [-0.3, -0.25) is 0 Å². The molecule has 2 N–H and O–H groups in total. The second kappa shape index (κ2) is 12.6. The monoisotopic (exact) mass is 525 g/mol. The van der Waals surface area contributed by atoms with Crippen molar-refractivity contribution >= 4 is 35.8 Å². The highest BCUT2D eigenvalue weighted by molar-refractivity contribution is 14.0. The number of para-hydroxylation sites is 1. The van der Waals surface area contributed by atoms with Crippen LogP contribution in [0.25, 0.3) is 0 Å². The van der Waals surface area contributed by atoms with Gasteiger partial charge in [-0.15, -0.1) is 24.0 Å². The van der Waals surface area contributed by atoms with Gasteiger partial charge in [-0.05, 0) is 37.6 Å². The lowest BCUT2D eigenvalue weighted by Gasteiger charge is -2.32. The Morgan fingerprint density at radius 1 is 1.30 bits per heavy atom. The van der Waals surface area contributed by atoms with Crippen LogP contribution in [-0.4, -0.2) is 50.4 Å². The third-order valence-corrected chi connectivity index (χ3v) is 4.78. The van der Waals surface area contributed by atoms with Crippen LogP contribution >= 0.6 is 24.0 Å². The number of aliphatic imine (C=N–C) groups is 1. The van der Waals surface area contributed by atoms with E-state index < -0.39 is 0 Å². The Morgan fingerprint density at radius 2 is 2.13 bits per heavy atom. The summed E-state index contributed by atoms with van der Waals surface area (Å²) < 4.78 is 11.1. The standard InChI is InChI=1S/C22H31N5O2.HI/c1-4-23-22(26-15-19-7-5-6-8-20(19)28-3)25-14-18-9-10-24-21(13-18)27-11-12-29-17(2)16-27;/h5-10,13,17H,4,11-12,14-16H2,1-3H3,(H2,23,25,26);1H. The molecule has 8 heteroatoms. The van der Waals surface area contributed by atoms with Crippen molar-refractivity contribution < 1.29 is 9.47 Å². The summed E-state index contributed by atoms with van der Waals surface area (Å²) in [5.74, 6) is 2.63. The maximum Gasteiger partial charge on any atom is 0.191 e. The summed E-state index contributed by atoms with van der Waals surface area (Å²) in [6.07, 6.45) is 2.09. The summed E-state index contributed by atoms with van der Waals surface area (Å²) in [6, 6.07) is 12.1. The number of hydrogen-bond acceptors (Lipinski definition) is 5. The first-order valence-electron chi connectivity index (χ1n) is 10.1. The van der Waals surface area contributed by atoms with E-state index in [1.54, 1.807) is 7.11 Å². The van der Waals surface area contributed by atoms with Crippen molar-refractivity contribution in [3.63, 3.8) is 0 Å². The van der Waals surface area contributed by atoms with Gasteiger partial charge in [-0.25, -0.2) is 9.98 Å². The Hall–Kier alpha value is -2.07. The Kier molecular flexibility index (Phi) is 10.2. The second-order valence-corrected chi connectivity index (χ2v) is 7.01. The van der Waals surface area contributed by atoms with E-state index in [1.807, 2.05) is 36.5 Å². The normalized spacial score (nSPS) is 16.6. The second-order valence-electron chi connectivity index (χ2n) is 7.01. The summed E-state index contributed by atoms with van der Waals surface area (Å²) in [6.45, 7) is 8.64. The van der Waals surface area contributed by atoms with Gasteiger partial charge in [0.05, 0.1) is 26.4 Å². The number of pyridine rings is 1. The topological polar surface area (TPSA) is 71.0 Å². The van der Waals surface area contributed by atoms with Crippen molar-refractivity contribution in [2.75, 3.05) is 38.3 Å². The van der Waals surface area contributed by atoms with Gasteiger partial charge in [0.15, 0.2) is 5.96 Å². The number of nitrogens with zero attached hydrogens (tertiary/aromatic N) is 3. The highest BCUT2D eigenvalue weighted by Gasteiger charge is 2.18. The largest absolute Gasteiger partial charge is 0.496 e. The molecule has 1 atom stereocenters. The molecule has 1 aliphatic heterocycles. The highest BCUT2D eigenvalue weighted by atomic mass is 127. The average Bonchev–Trinajstić information content (AvgIpc) is 2.76. The first-order chi connectivity index (χ1) is 14.2. The molecule has 1 fully saturated rings. The number of anilines is 1. The van der Waals surface area contributed by atoms with Crippen LogP contribution in [0, 0.1) is 0 Å². The van der Waals surface area contributed by atoms with Crippen LogP contribution in [0.4, 0.5) is 5.82 Å². The van der Waals surface area contributed by atoms with E-state index in [0.29, 0.717) is 13.1 Å². The quantitative estimate of drug-likeness (QED) is 0.329. The van der Waals surface area contributed by atoms with Crippen LogP contribution in [0.1, 0.15) is 25.0 Å². The molecule has 164 valence electrons. The van der Waals surface area contributed by atoms with E-state index in [-0.39, 0.29) is 30.1 Å². The number of hydrogen-bond donors (Lipinski definition) is 2. The van der Waals surface area contributed by atoms with Crippen LogP contribution in [0.15, 0.2) is 47.6 Å². The molecule has 0 saturated carbocycles. The molecule has 0 spiro atoms. The lowest BCUT2D eigenvalue weighted by atomic mass is 10.2. The minimum atomic E-state index is 0. The van der Waals surface area contributed by atoms with Crippen molar-refractivity contribution in [1.29, 1.82) is 0 Å². The summed E-state index contributed by atoms with van der Waals surface area (Å²) in [4.78, 5) is 11.5. The summed E-state index contributed by atoms with van der Waals surface area (Å²) in [5.41, 5.74) is 2.22. The fourth-order valence-corrected chi connectivity index (χ4v) is 3.30. The molecule has 2 heterocycles. The predicted molar refractivity (Wildman–Crippen MR) is 132 cm³/mol. The first-order valence-corrected chi connectivity index (χ1v) is 10.1. The Bertz CT molecular complexity index is 818. The van der Waals surface area contributed by atoms with E-state index >= 15 is 0 Å². The van der Waals surface area contributed by atoms with Crippen molar-refractivity contribution in [3.8, 4) is 5.75 Å². The van der Waals surface area contributed by atoms with Crippen molar-refractivity contribution in [3.05, 3.63) is 53.7 Å². The number of aromatic nitrogens is 1. The Balaban J connectivity index is 0.00000320. The molecule has 0 amide bonds. The van der Waals surface area contributed by atoms with Gasteiger partial charge < -0.3 is 25.0 Å². The summed E-state index contributed by atoms with van der Waals surface area (Å²) in [5, 5.41) is 6.68. The smallest absolute Gasteiger partial charge is 0.191 e.